The van der Waals surface area contributed by atoms with Crippen LogP contribution in [-0.4, -0.2) is 46.9 Å². The van der Waals surface area contributed by atoms with E-state index in [1.807, 2.05) is 0 Å². The molecule has 3 atom stereocenters. The van der Waals surface area contributed by atoms with Crippen LogP contribution >= 0.6 is 0 Å². The van der Waals surface area contributed by atoms with Crippen LogP contribution in [0.4, 0.5) is 0 Å². The summed E-state index contributed by atoms with van der Waals surface area (Å²) in [6.45, 7) is 6.46. The number of hydrogen-bond donors (Lipinski definition) is 3. The van der Waals surface area contributed by atoms with Crippen LogP contribution in [0.2, 0.25) is 0 Å². The van der Waals surface area contributed by atoms with Crippen LogP contribution in [0, 0.1) is 0 Å². The lowest BCUT2D eigenvalue weighted by atomic mass is 10.0. The summed E-state index contributed by atoms with van der Waals surface area (Å²) in [6, 6.07) is -0.702. The molecule has 0 saturated carbocycles. The molecule has 60 heavy (non-hydrogen) atoms. The summed E-state index contributed by atoms with van der Waals surface area (Å²) in [6.07, 6.45) is 56.3. The Morgan fingerprint density at radius 3 is 1.32 bits per heavy atom. The first-order valence-electron chi connectivity index (χ1n) is 26.2. The molecule has 6 nitrogen and oxygen atoms in total. The number of hydrogen-bond acceptors (Lipinski definition) is 5. The summed E-state index contributed by atoms with van der Waals surface area (Å²) in [7, 11) is 0. The molecule has 3 N–H and O–H groups in total. The van der Waals surface area contributed by atoms with E-state index < -0.39 is 18.2 Å². The molecule has 0 saturated heterocycles. The summed E-state index contributed by atoms with van der Waals surface area (Å²) in [5.41, 5.74) is 0. The van der Waals surface area contributed by atoms with Crippen molar-refractivity contribution in [2.24, 2.45) is 0 Å². The van der Waals surface area contributed by atoms with Gasteiger partial charge in [-0.1, -0.05) is 231 Å². The van der Waals surface area contributed by atoms with Gasteiger partial charge < -0.3 is 20.3 Å². The molecule has 0 aliphatic heterocycles. The molecular formula is C54H101NO5. The molecule has 0 aliphatic carbocycles. The van der Waals surface area contributed by atoms with E-state index >= 15 is 0 Å². The molecule has 6 heteroatoms. The second-order valence-electron chi connectivity index (χ2n) is 17.9. The minimum Gasteiger partial charge on any atom is -0.462 e. The molecule has 0 aromatic rings. The first kappa shape index (κ1) is 58.1. The lowest BCUT2D eigenvalue weighted by Gasteiger charge is -2.24. The Morgan fingerprint density at radius 1 is 0.483 bits per heavy atom. The van der Waals surface area contributed by atoms with E-state index in [9.17, 15) is 19.8 Å². The fourth-order valence-corrected chi connectivity index (χ4v) is 7.97. The lowest BCUT2D eigenvalue weighted by Crippen LogP contribution is -2.46. The number of unbranched alkanes of at least 4 members (excludes halogenated alkanes) is 29. The van der Waals surface area contributed by atoms with Crippen molar-refractivity contribution in [2.75, 3.05) is 6.61 Å². The number of nitrogens with one attached hydrogen (secondary N) is 1. The molecule has 3 unspecified atom stereocenters. The zero-order valence-electron chi connectivity index (χ0n) is 40.1. The summed E-state index contributed by atoms with van der Waals surface area (Å²) in [5, 5.41) is 23.8. The van der Waals surface area contributed by atoms with Gasteiger partial charge in [-0.3, -0.25) is 9.59 Å². The number of ether oxygens (including phenoxy) is 1. The van der Waals surface area contributed by atoms with Gasteiger partial charge in [-0.15, -0.1) is 0 Å². The first-order valence-corrected chi connectivity index (χ1v) is 26.2. The summed E-state index contributed by atoms with van der Waals surface area (Å²) in [5.74, 6) is -0.488. The molecule has 0 bridgehead atoms. The molecule has 0 aliphatic rings. The largest absolute Gasteiger partial charge is 0.462 e. The number of allylic oxidation sites excluding steroid dienone is 6. The van der Waals surface area contributed by atoms with Gasteiger partial charge in [0.05, 0.1) is 25.2 Å². The third-order valence-electron chi connectivity index (χ3n) is 12.0. The van der Waals surface area contributed by atoms with Crippen molar-refractivity contribution in [1.82, 2.24) is 5.32 Å². The number of rotatable bonds is 47. The van der Waals surface area contributed by atoms with Gasteiger partial charge in [0.15, 0.2) is 0 Å². The molecule has 0 rings (SSSR count). The number of aliphatic hydroxyl groups is 2. The summed E-state index contributed by atoms with van der Waals surface area (Å²) >= 11 is 0. The highest BCUT2D eigenvalue weighted by atomic mass is 16.5. The maximum Gasteiger partial charge on any atom is 0.306 e. The van der Waals surface area contributed by atoms with E-state index in [1.165, 1.54) is 148 Å². The Bertz CT molecular complexity index is 993. The fourth-order valence-electron chi connectivity index (χ4n) is 7.97. The highest BCUT2D eigenvalue weighted by Gasteiger charge is 2.24. The van der Waals surface area contributed by atoms with Crippen LogP contribution < -0.4 is 5.32 Å². The highest BCUT2D eigenvalue weighted by Crippen LogP contribution is 2.18. The van der Waals surface area contributed by atoms with E-state index in [-0.39, 0.29) is 24.9 Å². The third-order valence-corrected chi connectivity index (χ3v) is 12.0. The predicted octanol–water partition coefficient (Wildman–Crippen LogP) is 15.7. The van der Waals surface area contributed by atoms with Crippen LogP contribution in [0.5, 0.6) is 0 Å². The van der Waals surface area contributed by atoms with Crippen molar-refractivity contribution in [3.05, 3.63) is 36.5 Å². The van der Waals surface area contributed by atoms with E-state index in [0.717, 1.165) is 77.0 Å². The number of aliphatic hydroxyl groups excluding tert-OH is 2. The van der Waals surface area contributed by atoms with Gasteiger partial charge in [0.25, 0.3) is 0 Å². The molecule has 352 valence electrons. The average Bonchev–Trinajstić information content (AvgIpc) is 3.24. The van der Waals surface area contributed by atoms with Gasteiger partial charge in [0.1, 0.15) is 6.10 Å². The number of carbonyl (C=O) groups excluding carboxylic acids is 2. The van der Waals surface area contributed by atoms with Crippen LogP contribution in [0.3, 0.4) is 0 Å². The van der Waals surface area contributed by atoms with E-state index in [2.05, 4.69) is 62.5 Å². The fraction of sp³-hybridized carbons (Fsp3) is 0.852. The van der Waals surface area contributed by atoms with Crippen LogP contribution in [-0.2, 0) is 14.3 Å². The molecule has 0 heterocycles. The smallest absolute Gasteiger partial charge is 0.306 e. The number of amides is 1. The van der Waals surface area contributed by atoms with Crippen LogP contribution in [0.1, 0.15) is 271 Å². The number of carbonyl (C=O) groups is 2. The Hall–Kier alpha value is -1.92. The molecule has 0 aromatic heterocycles. The Labute approximate surface area is 373 Å². The van der Waals surface area contributed by atoms with Crippen molar-refractivity contribution in [3.8, 4) is 0 Å². The van der Waals surface area contributed by atoms with Gasteiger partial charge in [-0.05, 0) is 64.2 Å². The Kier molecular flexibility index (Phi) is 46.6. The monoisotopic (exact) mass is 844 g/mol. The molecule has 1 amide bonds. The van der Waals surface area contributed by atoms with Crippen LogP contribution in [0.15, 0.2) is 36.5 Å². The van der Waals surface area contributed by atoms with Crippen molar-refractivity contribution in [3.63, 3.8) is 0 Å². The summed E-state index contributed by atoms with van der Waals surface area (Å²) in [4.78, 5) is 26.1. The predicted molar refractivity (Wildman–Crippen MR) is 259 cm³/mol. The Morgan fingerprint density at radius 2 is 0.850 bits per heavy atom. The lowest BCUT2D eigenvalue weighted by molar-refractivity contribution is -0.151. The van der Waals surface area contributed by atoms with Gasteiger partial charge in [0.2, 0.25) is 5.91 Å². The molecule has 0 fully saturated rings. The SMILES string of the molecule is CCCCC/C=C\C/C=C\C/C=C\CCCCCCC(=O)OC(CCCCCCCCCCCCCC)CC(=O)NC(CO)C(O)CCCCCCCCCCCCCC. The second kappa shape index (κ2) is 48.1. The minimum atomic E-state index is -0.788. The maximum absolute atomic E-state index is 13.2. The van der Waals surface area contributed by atoms with Crippen molar-refractivity contribution in [2.45, 2.75) is 289 Å². The van der Waals surface area contributed by atoms with Gasteiger partial charge in [0, 0.05) is 6.42 Å². The van der Waals surface area contributed by atoms with Crippen molar-refractivity contribution < 1.29 is 24.5 Å². The zero-order chi connectivity index (χ0) is 43.8. The van der Waals surface area contributed by atoms with E-state index in [4.69, 9.17) is 4.74 Å². The third kappa shape index (κ3) is 42.8. The maximum atomic E-state index is 13.2. The van der Waals surface area contributed by atoms with Gasteiger partial charge in [-0.2, -0.15) is 0 Å². The van der Waals surface area contributed by atoms with Crippen molar-refractivity contribution >= 4 is 11.9 Å². The highest BCUT2D eigenvalue weighted by molar-refractivity contribution is 5.77. The van der Waals surface area contributed by atoms with Crippen LogP contribution in [0.25, 0.3) is 0 Å². The second-order valence-corrected chi connectivity index (χ2v) is 17.9. The normalized spacial score (nSPS) is 13.5. The topological polar surface area (TPSA) is 95.9 Å². The van der Waals surface area contributed by atoms with E-state index in [0.29, 0.717) is 19.3 Å². The standard InChI is InChI=1S/C54H101NO5/c1-4-7-10-13-16-19-22-25-26-27-28-29-32-35-38-41-44-47-54(59)60-50(45-42-39-36-33-30-23-20-17-14-11-8-5-2)48-53(58)55-51(49-56)52(57)46-43-40-37-34-31-24-21-18-15-12-9-6-3/h16,19,25-26,28-29,50-52,56-57H,4-15,17-18,20-24,27,30-49H2,1-3H3,(H,55,58)/b19-16-,26-25-,29-28-. The van der Waals surface area contributed by atoms with Crippen molar-refractivity contribution in [1.29, 1.82) is 0 Å². The number of esters is 1. The zero-order valence-corrected chi connectivity index (χ0v) is 40.1. The van der Waals surface area contributed by atoms with Gasteiger partial charge in [-0.25, -0.2) is 0 Å². The Balaban J connectivity index is 4.57. The van der Waals surface area contributed by atoms with Gasteiger partial charge >= 0.3 is 5.97 Å². The minimum absolute atomic E-state index is 0.0723. The molecule has 0 spiro atoms. The quantitative estimate of drug-likeness (QED) is 0.0322. The molecule has 0 radical (unpaired) electrons. The molecule has 0 aromatic carbocycles. The first-order chi connectivity index (χ1) is 29.5. The summed E-state index contributed by atoms with van der Waals surface area (Å²) < 4.78 is 5.93. The molecular weight excluding hydrogens is 743 g/mol. The van der Waals surface area contributed by atoms with E-state index in [1.54, 1.807) is 0 Å². The average molecular weight is 844 g/mol.